The molecular weight excluding hydrogens is 728 g/mol. The molecule has 0 aliphatic carbocycles. The number of hydrogen-bond donors (Lipinski definition) is 10. The number of aliphatic hydroxyl groups excluding tert-OH is 7. The Bertz CT molecular complexity index is 1820. The molecule has 0 spiro atoms. The van der Waals surface area contributed by atoms with E-state index in [0.717, 1.165) is 12.1 Å². The smallest absolute Gasteiger partial charge is 0.239 e. The van der Waals surface area contributed by atoms with Crippen LogP contribution >= 0.6 is 0 Å². The average Bonchev–Trinajstić information content (AvgIpc) is 3.57. The van der Waals surface area contributed by atoms with Crippen LogP contribution < -0.4 is 14.9 Å². The number of phenols is 3. The predicted molar refractivity (Wildman–Crippen MR) is 177 cm³/mol. The van der Waals surface area contributed by atoms with Crippen molar-refractivity contribution in [2.45, 2.75) is 86.3 Å². The summed E-state index contributed by atoms with van der Waals surface area (Å²) in [6.07, 6.45) is -19.3. The Labute approximate surface area is 305 Å². The third-order valence-electron chi connectivity index (χ3n) is 9.44. The molecule has 54 heavy (non-hydrogen) atoms. The fourth-order valence-corrected chi connectivity index (χ4v) is 6.42. The average molecular weight is 771 g/mol. The number of benzene rings is 2. The van der Waals surface area contributed by atoms with E-state index in [0.29, 0.717) is 0 Å². The van der Waals surface area contributed by atoms with E-state index in [1.807, 2.05) is 0 Å². The lowest BCUT2D eigenvalue weighted by molar-refractivity contribution is -0.325. The molecule has 13 atom stereocenters. The van der Waals surface area contributed by atoms with Crippen LogP contribution in [0.3, 0.4) is 0 Å². The number of phenolic OH excluding ortho intramolecular Hbond substituents is 3. The highest BCUT2D eigenvalue weighted by Gasteiger charge is 2.49. The second-order valence-corrected chi connectivity index (χ2v) is 12.9. The van der Waals surface area contributed by atoms with Gasteiger partial charge in [0.1, 0.15) is 77.4 Å². The molecule has 0 radical (unpaired) electrons. The zero-order valence-electron chi connectivity index (χ0n) is 28.8. The number of aromatic hydroxyl groups is 3. The molecule has 3 aliphatic rings. The number of methoxy groups -OCH3 is 2. The van der Waals surface area contributed by atoms with Gasteiger partial charge in [-0.3, -0.25) is 4.79 Å². The van der Waals surface area contributed by atoms with E-state index in [1.54, 1.807) is 0 Å². The topological polar surface area (TPSA) is 306 Å². The largest absolute Gasteiger partial charge is 0.508 e. The van der Waals surface area contributed by atoms with Crippen molar-refractivity contribution in [1.29, 1.82) is 0 Å². The van der Waals surface area contributed by atoms with Crippen molar-refractivity contribution in [3.8, 4) is 40.1 Å². The zero-order chi connectivity index (χ0) is 39.0. The maximum Gasteiger partial charge on any atom is 0.239 e. The van der Waals surface area contributed by atoms with Crippen molar-refractivity contribution in [2.24, 2.45) is 0 Å². The molecule has 3 saturated heterocycles. The molecule has 2 aromatic carbocycles. The van der Waals surface area contributed by atoms with Crippen molar-refractivity contribution in [3.05, 3.63) is 40.6 Å². The minimum Gasteiger partial charge on any atom is -0.508 e. The SMILES string of the molecule is COc1cc(-c2oc3cc(O)cc(O)c3c(=O)c2OC2OC(COC3OC(COC4CC(OC)OC4CO)C(O)C(O)C3O)C(O)C(O)C2O)ccc1O. The fourth-order valence-electron chi connectivity index (χ4n) is 6.42. The third kappa shape index (κ3) is 7.79. The molecule has 4 heterocycles. The molecular formula is C34H42O20. The predicted octanol–water partition coefficient (Wildman–Crippen LogP) is -2.27. The Morgan fingerprint density at radius 1 is 0.741 bits per heavy atom. The van der Waals surface area contributed by atoms with Gasteiger partial charge < -0.3 is 93.4 Å². The van der Waals surface area contributed by atoms with Crippen molar-refractivity contribution in [3.63, 3.8) is 0 Å². The Balaban J connectivity index is 1.22. The third-order valence-corrected chi connectivity index (χ3v) is 9.44. The molecule has 1 aromatic heterocycles. The molecule has 20 heteroatoms. The minimum absolute atomic E-state index is 0.0372. The molecule has 0 bridgehead atoms. The second kappa shape index (κ2) is 16.5. The molecule has 3 aromatic rings. The van der Waals surface area contributed by atoms with Gasteiger partial charge in [-0.25, -0.2) is 0 Å². The quantitative estimate of drug-likeness (QED) is 0.0929. The summed E-state index contributed by atoms with van der Waals surface area (Å²) in [5, 5.41) is 104. The van der Waals surface area contributed by atoms with Crippen LogP contribution in [-0.4, -0.2) is 165 Å². The number of rotatable bonds is 12. The van der Waals surface area contributed by atoms with Gasteiger partial charge in [0, 0.05) is 31.2 Å². The molecule has 3 fully saturated rings. The van der Waals surface area contributed by atoms with E-state index in [2.05, 4.69) is 0 Å². The van der Waals surface area contributed by atoms with E-state index in [-0.39, 0.29) is 48.0 Å². The van der Waals surface area contributed by atoms with Crippen molar-refractivity contribution in [1.82, 2.24) is 0 Å². The van der Waals surface area contributed by atoms with E-state index in [4.69, 9.17) is 42.3 Å². The summed E-state index contributed by atoms with van der Waals surface area (Å²) in [6.45, 7) is -1.41. The zero-order valence-corrected chi connectivity index (χ0v) is 28.8. The molecule has 298 valence electrons. The van der Waals surface area contributed by atoms with Gasteiger partial charge in [-0.2, -0.15) is 0 Å². The standard InChI is InChI=1S/C34H42O20/c1-46-16-5-12(3-4-14(16)37)31-32(26(41)23-15(38)6-13(36)7-18(23)51-31)54-34-30(45)28(43)25(40)21(53-34)11-49-33-29(44)27(42)24(39)20(52-33)10-48-17-8-22(47-2)50-19(17)9-35/h3-7,17,19-22,24-25,27-30,33-40,42-45H,8-11H2,1-2H3. The van der Waals surface area contributed by atoms with E-state index in [1.165, 1.54) is 32.4 Å². The summed E-state index contributed by atoms with van der Waals surface area (Å²) in [4.78, 5) is 13.8. The van der Waals surface area contributed by atoms with Crippen molar-refractivity contribution < 1.29 is 93.4 Å². The first-order chi connectivity index (χ1) is 25.8. The van der Waals surface area contributed by atoms with Crippen LogP contribution in [0.25, 0.3) is 22.3 Å². The number of ether oxygens (including phenoxy) is 8. The first-order valence-corrected chi connectivity index (χ1v) is 16.7. The lowest BCUT2D eigenvalue weighted by atomic mass is 9.98. The van der Waals surface area contributed by atoms with Crippen LogP contribution in [0.4, 0.5) is 0 Å². The normalized spacial score (nSPS) is 34.3. The highest BCUT2D eigenvalue weighted by Crippen LogP contribution is 2.40. The van der Waals surface area contributed by atoms with Gasteiger partial charge in [0.25, 0.3) is 0 Å². The first kappa shape index (κ1) is 39.8. The van der Waals surface area contributed by atoms with Crippen LogP contribution in [0.15, 0.2) is 39.5 Å². The van der Waals surface area contributed by atoms with Crippen molar-refractivity contribution >= 4 is 11.0 Å². The van der Waals surface area contributed by atoms with Gasteiger partial charge in [-0.05, 0) is 18.2 Å². The maximum atomic E-state index is 13.8. The Morgan fingerprint density at radius 2 is 1.39 bits per heavy atom. The molecule has 0 amide bonds. The fraction of sp³-hybridized carbons (Fsp3) is 0.559. The van der Waals surface area contributed by atoms with Gasteiger partial charge in [-0.1, -0.05) is 0 Å². The lowest BCUT2D eigenvalue weighted by Gasteiger charge is -2.43. The summed E-state index contributed by atoms with van der Waals surface area (Å²) >= 11 is 0. The highest BCUT2D eigenvalue weighted by atomic mass is 16.7. The van der Waals surface area contributed by atoms with E-state index in [9.17, 15) is 55.9 Å². The maximum absolute atomic E-state index is 13.8. The van der Waals surface area contributed by atoms with E-state index >= 15 is 0 Å². The minimum atomic E-state index is -2.00. The Hall–Kier alpha value is -3.87. The molecule has 6 rings (SSSR count). The van der Waals surface area contributed by atoms with Crippen LogP contribution in [0, 0.1) is 0 Å². The molecule has 10 N–H and O–H groups in total. The Morgan fingerprint density at radius 3 is 2.04 bits per heavy atom. The number of aliphatic hydroxyl groups is 7. The molecule has 0 saturated carbocycles. The molecule has 13 unspecified atom stereocenters. The molecule has 3 aliphatic heterocycles. The van der Waals surface area contributed by atoms with Gasteiger partial charge in [0.15, 0.2) is 29.8 Å². The lowest BCUT2D eigenvalue weighted by Crippen LogP contribution is -2.62. The van der Waals surface area contributed by atoms with Crippen LogP contribution in [0.2, 0.25) is 0 Å². The second-order valence-electron chi connectivity index (χ2n) is 12.9. The van der Waals surface area contributed by atoms with Gasteiger partial charge in [0.05, 0.1) is 33.0 Å². The van der Waals surface area contributed by atoms with Gasteiger partial charge in [-0.15, -0.1) is 0 Å². The first-order valence-electron chi connectivity index (χ1n) is 16.7. The van der Waals surface area contributed by atoms with Crippen LogP contribution in [-0.2, 0) is 28.4 Å². The van der Waals surface area contributed by atoms with Gasteiger partial charge in [0.2, 0.25) is 17.5 Å². The monoisotopic (exact) mass is 770 g/mol. The highest BCUT2D eigenvalue weighted by molar-refractivity contribution is 5.88. The van der Waals surface area contributed by atoms with Crippen LogP contribution in [0.1, 0.15) is 6.42 Å². The number of fused-ring (bicyclic) bond motifs is 1. The van der Waals surface area contributed by atoms with Crippen LogP contribution in [0.5, 0.6) is 28.7 Å². The van der Waals surface area contributed by atoms with E-state index < -0.39 is 115 Å². The Kier molecular flexibility index (Phi) is 12.1. The summed E-state index contributed by atoms with van der Waals surface area (Å²) in [5.74, 6) is -2.43. The summed E-state index contributed by atoms with van der Waals surface area (Å²) in [6, 6.07) is 5.77. The summed E-state index contributed by atoms with van der Waals surface area (Å²) in [7, 11) is 2.69. The summed E-state index contributed by atoms with van der Waals surface area (Å²) < 4.78 is 50.3. The number of hydrogen-bond acceptors (Lipinski definition) is 20. The van der Waals surface area contributed by atoms with Gasteiger partial charge >= 0.3 is 0 Å². The molecule has 20 nitrogen and oxygen atoms in total. The van der Waals surface area contributed by atoms with Crippen molar-refractivity contribution in [2.75, 3.05) is 34.0 Å². The summed E-state index contributed by atoms with van der Waals surface area (Å²) in [5.41, 5.74) is -1.20.